The molecule has 0 aromatic heterocycles. The maximum atomic E-state index is 6.24. The predicted molar refractivity (Wildman–Crippen MR) is 95.3 cm³/mol. The van der Waals surface area contributed by atoms with Crippen molar-refractivity contribution in [3.8, 4) is 0 Å². The van der Waals surface area contributed by atoms with Crippen LogP contribution in [0.25, 0.3) is 0 Å². The fourth-order valence-corrected chi connectivity index (χ4v) is 3.44. The Morgan fingerprint density at radius 1 is 0.962 bits per heavy atom. The number of methoxy groups -OCH3 is 1. The van der Waals surface area contributed by atoms with Crippen LogP contribution in [0.2, 0.25) is 0 Å². The summed E-state index contributed by atoms with van der Waals surface area (Å²) in [6, 6.07) is 20.1. The van der Waals surface area contributed by atoms with Gasteiger partial charge in [-0.25, -0.2) is 0 Å². The van der Waals surface area contributed by atoms with Gasteiger partial charge in [0.25, 0.3) is 0 Å². The van der Waals surface area contributed by atoms with Crippen LogP contribution in [0.3, 0.4) is 0 Å². The molecular weight excluding hydrogens is 332 g/mol. The molecule has 2 aromatic carbocycles. The lowest BCUT2D eigenvalue weighted by Crippen LogP contribution is -2.55. The Hall–Kier alpha value is -1.76. The third kappa shape index (κ3) is 3.98. The van der Waals surface area contributed by atoms with Gasteiger partial charge in [0.2, 0.25) is 0 Å². The zero-order chi connectivity index (χ0) is 17.8. The van der Waals surface area contributed by atoms with Crippen LogP contribution in [0.1, 0.15) is 23.8 Å². The molecule has 0 amide bonds. The average Bonchev–Trinajstić information content (AvgIpc) is 2.72. The van der Waals surface area contributed by atoms with Crippen LogP contribution in [0.4, 0.5) is 0 Å². The molecule has 4 rings (SSSR count). The maximum absolute atomic E-state index is 6.24. The highest BCUT2D eigenvalue weighted by atomic mass is 16.7. The molecule has 0 aliphatic carbocycles. The molecule has 138 valence electrons. The van der Waals surface area contributed by atoms with E-state index in [1.165, 1.54) is 0 Å². The molecule has 2 aliphatic rings. The normalized spacial score (nSPS) is 31.3. The molecule has 0 spiro atoms. The van der Waals surface area contributed by atoms with Crippen molar-refractivity contribution in [3.63, 3.8) is 0 Å². The fraction of sp³-hybridized carbons (Fsp3) is 0.429. The first-order valence-electron chi connectivity index (χ1n) is 8.99. The van der Waals surface area contributed by atoms with Gasteiger partial charge in [0.15, 0.2) is 12.6 Å². The molecule has 2 aliphatic heterocycles. The van der Waals surface area contributed by atoms with Crippen molar-refractivity contribution in [2.45, 2.75) is 43.9 Å². The van der Waals surface area contributed by atoms with Gasteiger partial charge in [0.05, 0.1) is 19.3 Å². The van der Waals surface area contributed by atoms with Gasteiger partial charge in [-0.1, -0.05) is 60.7 Å². The van der Waals surface area contributed by atoms with Gasteiger partial charge in [-0.05, 0) is 5.56 Å². The lowest BCUT2D eigenvalue weighted by atomic mass is 10.00. The Balaban J connectivity index is 1.47. The largest absolute Gasteiger partial charge is 0.371 e. The van der Waals surface area contributed by atoms with Crippen molar-refractivity contribution in [1.29, 1.82) is 0 Å². The van der Waals surface area contributed by atoms with Gasteiger partial charge in [0, 0.05) is 19.1 Å². The second kappa shape index (κ2) is 8.29. The molecule has 3 unspecified atom stereocenters. The van der Waals surface area contributed by atoms with Gasteiger partial charge in [-0.15, -0.1) is 0 Å². The summed E-state index contributed by atoms with van der Waals surface area (Å²) in [7, 11) is 1.65. The fourth-order valence-electron chi connectivity index (χ4n) is 3.44. The average molecular weight is 356 g/mol. The first kappa shape index (κ1) is 17.6. The minimum absolute atomic E-state index is 0.117. The van der Waals surface area contributed by atoms with Gasteiger partial charge >= 0.3 is 0 Å². The third-order valence-electron chi connectivity index (χ3n) is 4.82. The molecule has 2 aromatic rings. The second-order valence-electron chi connectivity index (χ2n) is 6.59. The maximum Gasteiger partial charge on any atom is 0.184 e. The van der Waals surface area contributed by atoms with Crippen LogP contribution in [-0.2, 0) is 30.3 Å². The molecule has 0 bridgehead atoms. The Morgan fingerprint density at radius 2 is 1.69 bits per heavy atom. The Kier molecular flexibility index (Phi) is 5.62. The van der Waals surface area contributed by atoms with Gasteiger partial charge in [-0.3, -0.25) is 0 Å². The number of hydrogen-bond acceptors (Lipinski definition) is 5. The van der Waals surface area contributed by atoms with Crippen LogP contribution in [0, 0.1) is 0 Å². The molecule has 5 heteroatoms. The van der Waals surface area contributed by atoms with E-state index in [9.17, 15) is 0 Å². The van der Waals surface area contributed by atoms with E-state index < -0.39 is 6.29 Å². The van der Waals surface area contributed by atoms with Crippen LogP contribution in [0.5, 0.6) is 0 Å². The van der Waals surface area contributed by atoms with Crippen LogP contribution in [0.15, 0.2) is 60.7 Å². The highest BCUT2D eigenvalue weighted by molar-refractivity contribution is 5.17. The summed E-state index contributed by atoms with van der Waals surface area (Å²) in [4.78, 5) is 0. The summed E-state index contributed by atoms with van der Waals surface area (Å²) in [5, 5.41) is 0. The van der Waals surface area contributed by atoms with Crippen LogP contribution < -0.4 is 0 Å². The summed E-state index contributed by atoms with van der Waals surface area (Å²) >= 11 is 0. The summed E-state index contributed by atoms with van der Waals surface area (Å²) in [5.41, 5.74) is 2.14. The smallest absolute Gasteiger partial charge is 0.184 e. The van der Waals surface area contributed by atoms with Crippen molar-refractivity contribution < 1.29 is 23.7 Å². The molecule has 5 nitrogen and oxygen atoms in total. The number of fused-ring (bicyclic) bond motifs is 1. The zero-order valence-electron chi connectivity index (χ0n) is 14.8. The van der Waals surface area contributed by atoms with E-state index in [1.807, 2.05) is 48.5 Å². The third-order valence-corrected chi connectivity index (χ3v) is 4.82. The van der Waals surface area contributed by atoms with E-state index in [4.69, 9.17) is 23.7 Å². The lowest BCUT2D eigenvalue weighted by molar-refractivity contribution is -0.339. The highest BCUT2D eigenvalue weighted by Gasteiger charge is 2.45. The van der Waals surface area contributed by atoms with Crippen molar-refractivity contribution in [3.05, 3.63) is 71.8 Å². The Labute approximate surface area is 153 Å². The van der Waals surface area contributed by atoms with E-state index >= 15 is 0 Å². The lowest BCUT2D eigenvalue weighted by Gasteiger charge is -2.45. The summed E-state index contributed by atoms with van der Waals surface area (Å²) < 4.78 is 29.7. The molecule has 0 saturated carbocycles. The number of benzene rings is 2. The molecule has 5 atom stereocenters. The molecule has 2 saturated heterocycles. The van der Waals surface area contributed by atoms with E-state index in [0.717, 1.165) is 11.1 Å². The number of hydrogen-bond donors (Lipinski definition) is 0. The molecular formula is C21H24O5. The Morgan fingerprint density at radius 3 is 2.42 bits per heavy atom. The minimum atomic E-state index is -0.400. The van der Waals surface area contributed by atoms with Crippen LogP contribution >= 0.6 is 0 Å². The van der Waals surface area contributed by atoms with E-state index in [0.29, 0.717) is 19.6 Å². The van der Waals surface area contributed by atoms with Crippen LogP contribution in [-0.4, -0.2) is 38.3 Å². The molecule has 0 radical (unpaired) electrons. The highest BCUT2D eigenvalue weighted by Crippen LogP contribution is 2.35. The minimum Gasteiger partial charge on any atom is -0.371 e. The summed E-state index contributed by atoms with van der Waals surface area (Å²) in [6.45, 7) is 0.987. The first-order valence-corrected chi connectivity index (χ1v) is 8.99. The Bertz CT molecular complexity index is 677. The van der Waals surface area contributed by atoms with Crippen molar-refractivity contribution in [2.24, 2.45) is 0 Å². The molecule has 2 fully saturated rings. The number of ether oxygens (including phenoxy) is 5. The van der Waals surface area contributed by atoms with Gasteiger partial charge < -0.3 is 23.7 Å². The predicted octanol–water partition coefficient (Wildman–Crippen LogP) is 3.45. The molecule has 0 N–H and O–H groups in total. The quantitative estimate of drug-likeness (QED) is 0.821. The summed E-state index contributed by atoms with van der Waals surface area (Å²) in [6.07, 6.45) is -0.584. The van der Waals surface area contributed by atoms with E-state index in [-0.39, 0.29) is 24.6 Å². The SMILES string of the molecule is CO[C@@H]1C[C@@H](OCc2ccccc2)C2OC(c3ccccc3)OCC2O1. The zero-order valence-corrected chi connectivity index (χ0v) is 14.8. The summed E-state index contributed by atoms with van der Waals surface area (Å²) in [5.74, 6) is 0. The van der Waals surface area contributed by atoms with Gasteiger partial charge in [-0.2, -0.15) is 0 Å². The first-order chi connectivity index (χ1) is 12.8. The standard InChI is InChI=1S/C21H24O5/c1-22-19-12-17(23-13-15-8-4-2-5-9-15)20-18(25-19)14-24-21(26-20)16-10-6-3-7-11-16/h2-11,17-21H,12-14H2,1H3/t17-,18?,19+,20?,21?/m1/s1. The van der Waals surface area contributed by atoms with Crippen molar-refractivity contribution >= 4 is 0 Å². The van der Waals surface area contributed by atoms with Crippen molar-refractivity contribution in [2.75, 3.05) is 13.7 Å². The molecule has 26 heavy (non-hydrogen) atoms. The van der Waals surface area contributed by atoms with E-state index in [1.54, 1.807) is 7.11 Å². The second-order valence-corrected chi connectivity index (χ2v) is 6.59. The monoisotopic (exact) mass is 356 g/mol. The number of rotatable bonds is 5. The van der Waals surface area contributed by atoms with Gasteiger partial charge in [0.1, 0.15) is 12.2 Å². The molecule has 2 heterocycles. The van der Waals surface area contributed by atoms with Crippen molar-refractivity contribution in [1.82, 2.24) is 0 Å². The topological polar surface area (TPSA) is 46.2 Å². The van der Waals surface area contributed by atoms with E-state index in [2.05, 4.69) is 12.1 Å².